The molecule has 1 aromatic rings. The van der Waals surface area contributed by atoms with Crippen LogP contribution in [0.25, 0.3) is 0 Å². The van der Waals surface area contributed by atoms with Gasteiger partial charge in [0.05, 0.1) is 6.20 Å². The lowest BCUT2D eigenvalue weighted by atomic mass is 9.83. The first-order chi connectivity index (χ1) is 9.74. The summed E-state index contributed by atoms with van der Waals surface area (Å²) in [7, 11) is 0. The Labute approximate surface area is 126 Å². The van der Waals surface area contributed by atoms with E-state index in [0.717, 1.165) is 24.7 Å². The van der Waals surface area contributed by atoms with Crippen LogP contribution < -0.4 is 10.6 Å². The molecular formula is C15H25ClN4. The summed E-state index contributed by atoms with van der Waals surface area (Å²) in [6, 6.07) is 0.486. The van der Waals surface area contributed by atoms with Gasteiger partial charge in [-0.3, -0.25) is 0 Å². The fraction of sp³-hybridized carbons (Fsp3) is 0.733. The zero-order valence-corrected chi connectivity index (χ0v) is 13.2. The van der Waals surface area contributed by atoms with E-state index in [1.54, 1.807) is 6.20 Å². The highest BCUT2D eigenvalue weighted by atomic mass is 35.5. The summed E-state index contributed by atoms with van der Waals surface area (Å²) in [6.45, 7) is 5.26. The fourth-order valence-electron chi connectivity index (χ4n) is 2.85. The lowest BCUT2D eigenvalue weighted by Gasteiger charge is -2.32. The van der Waals surface area contributed by atoms with E-state index in [0.29, 0.717) is 17.0 Å². The number of hydrogen-bond donors (Lipinski definition) is 2. The first kappa shape index (κ1) is 15.4. The first-order valence-electron chi connectivity index (χ1n) is 7.77. The SMILES string of the molecule is CCCNc1ncc(Cl)c(NC2CCCCC2CC)n1. The molecule has 1 aliphatic carbocycles. The molecule has 2 atom stereocenters. The van der Waals surface area contributed by atoms with Crippen molar-refractivity contribution in [1.82, 2.24) is 9.97 Å². The molecule has 5 heteroatoms. The van der Waals surface area contributed by atoms with Gasteiger partial charge in [0.25, 0.3) is 0 Å². The summed E-state index contributed by atoms with van der Waals surface area (Å²) in [5, 5.41) is 7.35. The van der Waals surface area contributed by atoms with Crippen molar-refractivity contribution in [3.05, 3.63) is 11.2 Å². The van der Waals surface area contributed by atoms with E-state index < -0.39 is 0 Å². The molecule has 2 unspecified atom stereocenters. The zero-order chi connectivity index (χ0) is 14.4. The van der Waals surface area contributed by atoms with Crippen LogP contribution in [-0.4, -0.2) is 22.6 Å². The standard InChI is InChI=1S/C15H25ClN4/c1-3-9-17-15-18-10-12(16)14(20-15)19-13-8-6-5-7-11(13)4-2/h10-11,13H,3-9H2,1-2H3,(H2,17,18,19,20). The number of halogens is 1. The maximum Gasteiger partial charge on any atom is 0.224 e. The minimum atomic E-state index is 0.486. The third kappa shape index (κ3) is 3.98. The summed E-state index contributed by atoms with van der Waals surface area (Å²) in [6.07, 6.45) is 9.08. The molecule has 1 aromatic heterocycles. The molecule has 2 N–H and O–H groups in total. The van der Waals surface area contributed by atoms with Crippen molar-refractivity contribution < 1.29 is 0 Å². The van der Waals surface area contributed by atoms with Crippen molar-refractivity contribution in [2.75, 3.05) is 17.2 Å². The molecule has 0 spiro atoms. The highest BCUT2D eigenvalue weighted by molar-refractivity contribution is 6.32. The van der Waals surface area contributed by atoms with E-state index in [-0.39, 0.29) is 0 Å². The summed E-state index contributed by atoms with van der Waals surface area (Å²) < 4.78 is 0. The summed E-state index contributed by atoms with van der Waals surface area (Å²) >= 11 is 6.23. The monoisotopic (exact) mass is 296 g/mol. The van der Waals surface area contributed by atoms with Gasteiger partial charge in [0, 0.05) is 12.6 Å². The molecule has 1 aliphatic rings. The van der Waals surface area contributed by atoms with Crippen molar-refractivity contribution in [3.63, 3.8) is 0 Å². The van der Waals surface area contributed by atoms with Crippen molar-refractivity contribution in [1.29, 1.82) is 0 Å². The molecule has 1 fully saturated rings. The molecule has 0 bridgehead atoms. The zero-order valence-electron chi connectivity index (χ0n) is 12.5. The van der Waals surface area contributed by atoms with Crippen LogP contribution in [-0.2, 0) is 0 Å². The van der Waals surface area contributed by atoms with Crippen LogP contribution in [0, 0.1) is 5.92 Å². The van der Waals surface area contributed by atoms with Crippen LogP contribution in [0.5, 0.6) is 0 Å². The average molecular weight is 297 g/mol. The largest absolute Gasteiger partial charge is 0.366 e. The molecule has 0 saturated heterocycles. The van der Waals surface area contributed by atoms with Crippen LogP contribution in [0.1, 0.15) is 52.4 Å². The van der Waals surface area contributed by atoms with Crippen LogP contribution in [0.2, 0.25) is 5.02 Å². The Morgan fingerprint density at radius 1 is 1.30 bits per heavy atom. The Kier molecular flexibility index (Phi) is 5.89. The van der Waals surface area contributed by atoms with E-state index in [2.05, 4.69) is 34.4 Å². The van der Waals surface area contributed by atoms with Gasteiger partial charge in [-0.2, -0.15) is 4.98 Å². The molecule has 1 saturated carbocycles. The molecule has 0 aliphatic heterocycles. The predicted octanol–water partition coefficient (Wildman–Crippen LogP) is 4.33. The maximum atomic E-state index is 6.23. The number of hydrogen-bond acceptors (Lipinski definition) is 4. The van der Waals surface area contributed by atoms with Crippen molar-refractivity contribution in [3.8, 4) is 0 Å². The van der Waals surface area contributed by atoms with Gasteiger partial charge in [-0.1, -0.05) is 44.7 Å². The summed E-state index contributed by atoms with van der Waals surface area (Å²) in [5.41, 5.74) is 0. The molecule has 0 radical (unpaired) electrons. The molecule has 0 aromatic carbocycles. The highest BCUT2D eigenvalue weighted by Gasteiger charge is 2.24. The molecule has 20 heavy (non-hydrogen) atoms. The van der Waals surface area contributed by atoms with Gasteiger partial charge in [-0.15, -0.1) is 0 Å². The van der Waals surface area contributed by atoms with Gasteiger partial charge < -0.3 is 10.6 Å². The normalized spacial score (nSPS) is 22.6. The smallest absolute Gasteiger partial charge is 0.224 e. The van der Waals surface area contributed by atoms with E-state index in [1.807, 2.05) is 0 Å². The van der Waals surface area contributed by atoms with Crippen LogP contribution in [0.4, 0.5) is 11.8 Å². The van der Waals surface area contributed by atoms with Crippen LogP contribution >= 0.6 is 11.6 Å². The van der Waals surface area contributed by atoms with E-state index in [1.165, 1.54) is 32.1 Å². The average Bonchev–Trinajstić information content (AvgIpc) is 2.48. The molecule has 0 amide bonds. The highest BCUT2D eigenvalue weighted by Crippen LogP contribution is 2.30. The third-order valence-electron chi connectivity index (χ3n) is 4.03. The fourth-order valence-corrected chi connectivity index (χ4v) is 3.00. The maximum absolute atomic E-state index is 6.23. The number of rotatable bonds is 6. The van der Waals surface area contributed by atoms with E-state index >= 15 is 0 Å². The Morgan fingerprint density at radius 2 is 2.10 bits per heavy atom. The Hall–Kier alpha value is -1.03. The Balaban J connectivity index is 2.06. The van der Waals surface area contributed by atoms with Gasteiger partial charge in [-0.05, 0) is 25.2 Å². The number of anilines is 2. The molecule has 1 heterocycles. The lowest BCUT2D eigenvalue weighted by Crippen LogP contribution is -2.32. The van der Waals surface area contributed by atoms with Crippen LogP contribution in [0.15, 0.2) is 6.20 Å². The van der Waals surface area contributed by atoms with Gasteiger partial charge in [0.15, 0.2) is 5.82 Å². The lowest BCUT2D eigenvalue weighted by molar-refractivity contribution is 0.317. The second-order valence-electron chi connectivity index (χ2n) is 5.52. The number of aromatic nitrogens is 2. The Morgan fingerprint density at radius 3 is 2.85 bits per heavy atom. The van der Waals surface area contributed by atoms with Gasteiger partial charge in [-0.25, -0.2) is 4.98 Å². The summed E-state index contributed by atoms with van der Waals surface area (Å²) in [5.74, 6) is 2.15. The second kappa shape index (κ2) is 7.67. The minimum absolute atomic E-state index is 0.486. The van der Waals surface area contributed by atoms with Crippen molar-refractivity contribution in [2.24, 2.45) is 5.92 Å². The quantitative estimate of drug-likeness (QED) is 0.820. The van der Waals surface area contributed by atoms with E-state index in [4.69, 9.17) is 11.6 Å². The predicted molar refractivity (Wildman–Crippen MR) is 85.5 cm³/mol. The van der Waals surface area contributed by atoms with Gasteiger partial charge in [0.2, 0.25) is 5.95 Å². The van der Waals surface area contributed by atoms with Gasteiger partial charge in [0.1, 0.15) is 5.02 Å². The Bertz CT molecular complexity index is 424. The van der Waals surface area contributed by atoms with Crippen molar-refractivity contribution in [2.45, 2.75) is 58.4 Å². The molecular weight excluding hydrogens is 272 g/mol. The number of nitrogens with zero attached hydrogens (tertiary/aromatic N) is 2. The molecule has 4 nitrogen and oxygen atoms in total. The van der Waals surface area contributed by atoms with Crippen LogP contribution in [0.3, 0.4) is 0 Å². The van der Waals surface area contributed by atoms with E-state index in [9.17, 15) is 0 Å². The minimum Gasteiger partial charge on any atom is -0.366 e. The van der Waals surface area contributed by atoms with Gasteiger partial charge >= 0.3 is 0 Å². The third-order valence-corrected chi connectivity index (χ3v) is 4.31. The second-order valence-corrected chi connectivity index (χ2v) is 5.93. The molecule has 2 rings (SSSR count). The number of nitrogens with one attached hydrogen (secondary N) is 2. The topological polar surface area (TPSA) is 49.8 Å². The summed E-state index contributed by atoms with van der Waals surface area (Å²) in [4.78, 5) is 8.72. The molecule has 112 valence electrons. The van der Waals surface area contributed by atoms with Crippen molar-refractivity contribution >= 4 is 23.4 Å². The first-order valence-corrected chi connectivity index (χ1v) is 8.15.